The van der Waals surface area contributed by atoms with Crippen molar-refractivity contribution in [2.75, 3.05) is 0 Å². The third kappa shape index (κ3) is 3.67. The molecule has 0 bridgehead atoms. The fraction of sp³-hybridized carbons (Fsp3) is 0.0909. The summed E-state index contributed by atoms with van der Waals surface area (Å²) >= 11 is 4.92. The SMILES string of the molecule is C=C([C-]=C(O)C1=C([CH2-])C(=S)C=N1)C[CH2-].[Y+3]. The molecule has 0 aromatic carbocycles. The van der Waals surface area contributed by atoms with Crippen molar-refractivity contribution in [1.29, 1.82) is 0 Å². The first-order valence-electron chi connectivity index (χ1n) is 4.01. The van der Waals surface area contributed by atoms with Crippen LogP contribution in [0, 0.1) is 19.9 Å². The van der Waals surface area contributed by atoms with Gasteiger partial charge in [-0.25, -0.2) is 0 Å². The molecule has 0 unspecified atom stereocenters. The third-order valence-electron chi connectivity index (χ3n) is 1.72. The first-order chi connectivity index (χ1) is 6.56. The minimum atomic E-state index is -0.0836. The summed E-state index contributed by atoms with van der Waals surface area (Å²) < 4.78 is 0. The molecule has 0 amide bonds. The molecule has 0 aliphatic carbocycles. The van der Waals surface area contributed by atoms with E-state index in [2.05, 4.69) is 31.5 Å². The Morgan fingerprint density at radius 1 is 1.67 bits per heavy atom. The average Bonchev–Trinajstić information content (AvgIpc) is 2.47. The van der Waals surface area contributed by atoms with Gasteiger partial charge in [0.25, 0.3) is 0 Å². The molecule has 0 saturated heterocycles. The summed E-state index contributed by atoms with van der Waals surface area (Å²) in [4.78, 5) is 4.46. The summed E-state index contributed by atoms with van der Waals surface area (Å²) in [5.74, 6) is -0.0836. The normalized spacial score (nSPS) is 15.5. The molecule has 1 aliphatic rings. The van der Waals surface area contributed by atoms with Crippen LogP contribution in [0.2, 0.25) is 0 Å². The predicted molar refractivity (Wildman–Crippen MR) is 62.0 cm³/mol. The third-order valence-corrected chi connectivity index (χ3v) is 2.07. The summed E-state index contributed by atoms with van der Waals surface area (Å²) in [5, 5.41) is 9.58. The Morgan fingerprint density at radius 3 is 2.67 bits per heavy atom. The number of allylic oxidation sites excluding steroid dienone is 3. The molecule has 0 spiro atoms. The molecule has 0 aromatic rings. The van der Waals surface area contributed by atoms with Gasteiger partial charge in [0.1, 0.15) is 0 Å². The molecule has 0 fully saturated rings. The Hall–Kier alpha value is -0.246. The number of thiocarbonyl (C=S) groups is 1. The minimum absolute atomic E-state index is 0. The molecule has 4 heteroatoms. The van der Waals surface area contributed by atoms with E-state index in [0.29, 0.717) is 28.1 Å². The quantitative estimate of drug-likeness (QED) is 0.375. The van der Waals surface area contributed by atoms with Crippen LogP contribution in [0.3, 0.4) is 0 Å². The molecule has 15 heavy (non-hydrogen) atoms. The van der Waals surface area contributed by atoms with Gasteiger partial charge >= 0.3 is 32.7 Å². The zero-order chi connectivity index (χ0) is 10.7. The van der Waals surface area contributed by atoms with Crippen molar-refractivity contribution in [3.63, 3.8) is 0 Å². The maximum Gasteiger partial charge on any atom is 3.00 e. The summed E-state index contributed by atoms with van der Waals surface area (Å²) in [7, 11) is 0. The maximum absolute atomic E-state index is 9.58. The van der Waals surface area contributed by atoms with Crippen LogP contribution in [0.25, 0.3) is 0 Å². The minimum Gasteiger partial charge on any atom is -0.532 e. The van der Waals surface area contributed by atoms with E-state index in [1.165, 1.54) is 6.21 Å². The predicted octanol–water partition coefficient (Wildman–Crippen LogP) is 2.55. The zero-order valence-corrected chi connectivity index (χ0v) is 11.9. The number of aliphatic imine (C=N–C) groups is 1. The number of nitrogens with zero attached hydrogens (tertiary/aromatic N) is 1. The van der Waals surface area contributed by atoms with Gasteiger partial charge in [-0.3, -0.25) is 0 Å². The van der Waals surface area contributed by atoms with Gasteiger partial charge in [0, 0.05) is 5.76 Å². The monoisotopic (exact) mass is 293 g/mol. The van der Waals surface area contributed by atoms with E-state index in [1.807, 2.05) is 0 Å². The van der Waals surface area contributed by atoms with Crippen molar-refractivity contribution in [3.8, 4) is 0 Å². The first kappa shape index (κ1) is 14.8. The molecule has 0 atom stereocenters. The average molecular weight is 293 g/mol. The van der Waals surface area contributed by atoms with Crippen molar-refractivity contribution in [2.24, 2.45) is 4.99 Å². The Bertz CT molecular complexity index is 380. The first-order valence-corrected chi connectivity index (χ1v) is 4.42. The Balaban J connectivity index is 0.00000196. The number of aliphatic hydroxyl groups excluding tert-OH is 1. The van der Waals surface area contributed by atoms with Gasteiger partial charge < -0.3 is 17.0 Å². The van der Waals surface area contributed by atoms with E-state index in [1.54, 1.807) is 0 Å². The van der Waals surface area contributed by atoms with Crippen LogP contribution in [-0.2, 0) is 32.7 Å². The Morgan fingerprint density at radius 2 is 2.27 bits per heavy atom. The van der Waals surface area contributed by atoms with Gasteiger partial charge in [-0.05, 0) is 16.8 Å². The van der Waals surface area contributed by atoms with E-state index in [0.717, 1.165) is 0 Å². The number of hydrogen-bond donors (Lipinski definition) is 1. The smallest absolute Gasteiger partial charge is 0.532 e. The number of aliphatic hydroxyl groups is 1. The van der Waals surface area contributed by atoms with Gasteiger partial charge in [0.15, 0.2) is 0 Å². The molecule has 1 aliphatic heterocycles. The van der Waals surface area contributed by atoms with E-state index in [4.69, 9.17) is 12.2 Å². The molecule has 1 rings (SSSR count). The summed E-state index contributed by atoms with van der Waals surface area (Å²) in [6.45, 7) is 11.0. The van der Waals surface area contributed by atoms with Gasteiger partial charge in [-0.1, -0.05) is 0 Å². The van der Waals surface area contributed by atoms with Crippen LogP contribution in [0.5, 0.6) is 0 Å². The summed E-state index contributed by atoms with van der Waals surface area (Å²) in [6.07, 6.45) is 4.63. The number of hydrogen-bond acceptors (Lipinski definition) is 3. The van der Waals surface area contributed by atoms with Crippen LogP contribution in [0.15, 0.2) is 34.2 Å². The van der Waals surface area contributed by atoms with Crippen molar-refractivity contribution in [1.82, 2.24) is 0 Å². The van der Waals surface area contributed by atoms with Gasteiger partial charge in [-0.15, -0.1) is 11.6 Å². The van der Waals surface area contributed by atoms with Crippen LogP contribution in [0.1, 0.15) is 6.42 Å². The fourth-order valence-corrected chi connectivity index (χ4v) is 1.04. The molecule has 0 aromatic heterocycles. The van der Waals surface area contributed by atoms with Gasteiger partial charge in [0.05, 0.1) is 0 Å². The molecule has 0 radical (unpaired) electrons. The van der Waals surface area contributed by atoms with E-state index >= 15 is 0 Å². The van der Waals surface area contributed by atoms with E-state index in [9.17, 15) is 5.11 Å². The maximum atomic E-state index is 9.58. The number of rotatable bonds is 3. The van der Waals surface area contributed by atoms with E-state index in [-0.39, 0.29) is 38.5 Å². The van der Waals surface area contributed by atoms with Crippen molar-refractivity contribution < 1.29 is 37.8 Å². The second-order valence-electron chi connectivity index (χ2n) is 2.78. The largest absolute Gasteiger partial charge is 3.00 e. The molecule has 1 N–H and O–H groups in total. The van der Waals surface area contributed by atoms with Crippen molar-refractivity contribution >= 4 is 23.3 Å². The van der Waals surface area contributed by atoms with Crippen LogP contribution in [0.4, 0.5) is 0 Å². The summed E-state index contributed by atoms with van der Waals surface area (Å²) in [6, 6.07) is 0. The molecule has 0 saturated carbocycles. The standard InChI is InChI=1S/C11H10NOS.Y/c1-4-7(2)5-9(13)11-8(3)10(14)6-12-11;/h6,13H,1-4H2;/q-3;+3. The topological polar surface area (TPSA) is 32.6 Å². The molecule has 2 nitrogen and oxygen atoms in total. The van der Waals surface area contributed by atoms with Gasteiger partial charge in [0.2, 0.25) is 0 Å². The van der Waals surface area contributed by atoms with Crippen molar-refractivity contribution in [3.05, 3.63) is 49.1 Å². The Kier molecular flexibility index (Phi) is 6.26. The molecule has 74 valence electrons. The van der Waals surface area contributed by atoms with E-state index < -0.39 is 0 Å². The molecular weight excluding hydrogens is 283 g/mol. The fourth-order valence-electron chi connectivity index (χ4n) is 0.889. The van der Waals surface area contributed by atoms with Gasteiger partial charge in [-0.2, -0.15) is 37.7 Å². The second kappa shape index (κ2) is 6.36. The van der Waals surface area contributed by atoms with Crippen LogP contribution < -0.4 is 0 Å². The Labute approximate surface area is 121 Å². The molecular formula is C11H10NOSY. The van der Waals surface area contributed by atoms with Crippen LogP contribution >= 0.6 is 12.2 Å². The van der Waals surface area contributed by atoms with Crippen LogP contribution in [-0.4, -0.2) is 16.2 Å². The molecule has 1 heterocycles. The zero-order valence-electron chi connectivity index (χ0n) is 8.29. The second-order valence-corrected chi connectivity index (χ2v) is 3.22. The summed E-state index contributed by atoms with van der Waals surface area (Å²) in [5.41, 5.74) is 1.52. The van der Waals surface area contributed by atoms with Crippen molar-refractivity contribution in [2.45, 2.75) is 6.42 Å².